The van der Waals surface area contributed by atoms with E-state index in [9.17, 15) is 13.2 Å². The van der Waals surface area contributed by atoms with E-state index < -0.39 is 11.7 Å². The van der Waals surface area contributed by atoms with Crippen molar-refractivity contribution in [1.29, 1.82) is 0 Å². The average molecular weight is 491 g/mol. The Kier molecular flexibility index (Phi) is 6.38. The highest BCUT2D eigenvalue weighted by molar-refractivity contribution is 5.37. The number of nitrogens with one attached hydrogen (secondary N) is 2. The van der Waals surface area contributed by atoms with Gasteiger partial charge in [0.05, 0.1) is 5.56 Å². The number of benzene rings is 3. The minimum absolute atomic E-state index is 0.0887. The number of halogens is 3. The van der Waals surface area contributed by atoms with Crippen LogP contribution in [-0.2, 0) is 12.7 Å². The van der Waals surface area contributed by atoms with Crippen molar-refractivity contribution in [2.45, 2.75) is 62.4 Å². The maximum atomic E-state index is 13.8. The van der Waals surface area contributed by atoms with Gasteiger partial charge in [0, 0.05) is 30.6 Å². The summed E-state index contributed by atoms with van der Waals surface area (Å²) in [7, 11) is 0. The van der Waals surface area contributed by atoms with Crippen molar-refractivity contribution in [2.24, 2.45) is 17.8 Å². The molecule has 0 spiro atoms. The predicted octanol–water partition coefficient (Wildman–Crippen LogP) is 6.77. The molecular formula is C31H33F3N2. The monoisotopic (exact) mass is 490 g/mol. The van der Waals surface area contributed by atoms with E-state index >= 15 is 0 Å². The second-order valence-corrected chi connectivity index (χ2v) is 10.8. The largest absolute Gasteiger partial charge is 0.416 e. The molecule has 4 bridgehead atoms. The fourth-order valence-electron chi connectivity index (χ4n) is 7.61. The maximum absolute atomic E-state index is 13.8. The summed E-state index contributed by atoms with van der Waals surface area (Å²) in [4.78, 5) is 0. The minimum Gasteiger partial charge on any atom is -0.308 e. The van der Waals surface area contributed by atoms with Gasteiger partial charge in [-0.2, -0.15) is 13.2 Å². The molecule has 3 aliphatic rings. The van der Waals surface area contributed by atoms with Gasteiger partial charge in [-0.3, -0.25) is 0 Å². The van der Waals surface area contributed by atoms with Crippen LogP contribution in [0.25, 0.3) is 0 Å². The van der Waals surface area contributed by atoms with E-state index in [1.54, 1.807) is 12.1 Å². The van der Waals surface area contributed by atoms with E-state index in [-0.39, 0.29) is 24.5 Å². The van der Waals surface area contributed by atoms with Crippen LogP contribution in [0.1, 0.15) is 53.9 Å². The van der Waals surface area contributed by atoms with Crippen LogP contribution in [0, 0.1) is 17.8 Å². The van der Waals surface area contributed by atoms with Crippen LogP contribution in [0.4, 0.5) is 13.2 Å². The van der Waals surface area contributed by atoms with Crippen LogP contribution >= 0.6 is 0 Å². The summed E-state index contributed by atoms with van der Waals surface area (Å²) >= 11 is 0. The SMILES string of the molecule is FC(F)(F)c1ccccc1CNC1C(C(c2ccccc2)c2ccccc2)N[C@H]2C[C@H]3CCC[C@H]2C13. The van der Waals surface area contributed by atoms with Gasteiger partial charge in [0.25, 0.3) is 0 Å². The van der Waals surface area contributed by atoms with Gasteiger partial charge >= 0.3 is 6.18 Å². The first kappa shape index (κ1) is 23.7. The highest BCUT2D eigenvalue weighted by Crippen LogP contribution is 2.53. The first-order valence-corrected chi connectivity index (χ1v) is 13.2. The zero-order chi connectivity index (χ0) is 24.7. The molecule has 1 heterocycles. The second-order valence-electron chi connectivity index (χ2n) is 10.8. The molecule has 2 N–H and O–H groups in total. The molecule has 2 aliphatic carbocycles. The molecule has 1 saturated heterocycles. The Morgan fingerprint density at radius 1 is 0.833 bits per heavy atom. The molecule has 3 aromatic rings. The van der Waals surface area contributed by atoms with E-state index in [0.29, 0.717) is 29.4 Å². The molecule has 6 atom stereocenters. The van der Waals surface area contributed by atoms with E-state index in [2.05, 4.69) is 59.2 Å². The first-order chi connectivity index (χ1) is 17.5. The Balaban J connectivity index is 1.38. The Labute approximate surface area is 211 Å². The molecule has 1 aliphatic heterocycles. The third-order valence-electron chi connectivity index (χ3n) is 8.96. The summed E-state index contributed by atoms with van der Waals surface area (Å²) in [5.74, 6) is 1.84. The van der Waals surface area contributed by atoms with Gasteiger partial charge in [0.15, 0.2) is 0 Å². The van der Waals surface area contributed by atoms with Gasteiger partial charge in [-0.25, -0.2) is 0 Å². The zero-order valence-corrected chi connectivity index (χ0v) is 20.3. The van der Waals surface area contributed by atoms with Gasteiger partial charge in [-0.1, -0.05) is 91.7 Å². The summed E-state index contributed by atoms with van der Waals surface area (Å²) in [5, 5.41) is 7.77. The predicted molar refractivity (Wildman–Crippen MR) is 136 cm³/mol. The Bertz CT molecular complexity index is 1120. The van der Waals surface area contributed by atoms with Gasteiger partial charge in [0.1, 0.15) is 0 Å². The molecule has 2 saturated carbocycles. The molecule has 0 radical (unpaired) electrons. The molecule has 3 fully saturated rings. The van der Waals surface area contributed by atoms with Crippen molar-refractivity contribution < 1.29 is 13.2 Å². The fraction of sp³-hybridized carbons (Fsp3) is 0.419. The average Bonchev–Trinajstić information content (AvgIpc) is 3.02. The number of rotatable bonds is 6. The van der Waals surface area contributed by atoms with E-state index in [1.807, 2.05) is 12.1 Å². The molecular weight excluding hydrogens is 457 g/mol. The summed E-state index contributed by atoms with van der Waals surface area (Å²) in [6, 6.07) is 27.8. The molecule has 6 rings (SSSR count). The molecule has 3 unspecified atom stereocenters. The van der Waals surface area contributed by atoms with Crippen molar-refractivity contribution >= 4 is 0 Å². The summed E-state index contributed by atoms with van der Waals surface area (Å²) in [6.07, 6.45) is 0.529. The molecule has 5 heteroatoms. The number of hydrogen-bond donors (Lipinski definition) is 2. The lowest BCUT2D eigenvalue weighted by Crippen LogP contribution is -2.63. The lowest BCUT2D eigenvalue weighted by molar-refractivity contribution is -0.138. The van der Waals surface area contributed by atoms with E-state index in [0.717, 1.165) is 0 Å². The molecule has 0 amide bonds. The molecule has 2 nitrogen and oxygen atoms in total. The Hall–Kier alpha value is -2.63. The van der Waals surface area contributed by atoms with Gasteiger partial charge in [-0.15, -0.1) is 0 Å². The maximum Gasteiger partial charge on any atom is 0.416 e. The fourth-order valence-corrected chi connectivity index (χ4v) is 7.61. The van der Waals surface area contributed by atoms with Crippen molar-refractivity contribution in [1.82, 2.24) is 10.6 Å². The number of alkyl halides is 3. The highest BCUT2D eigenvalue weighted by Gasteiger charge is 2.55. The number of piperidine rings is 1. The molecule has 0 aromatic heterocycles. The van der Waals surface area contributed by atoms with Gasteiger partial charge in [0.2, 0.25) is 0 Å². The number of hydrogen-bond acceptors (Lipinski definition) is 2. The van der Waals surface area contributed by atoms with Crippen LogP contribution in [-0.4, -0.2) is 18.1 Å². The van der Waals surface area contributed by atoms with Crippen LogP contribution in [0.5, 0.6) is 0 Å². The Morgan fingerprint density at radius 3 is 2.14 bits per heavy atom. The van der Waals surface area contributed by atoms with Crippen molar-refractivity contribution in [3.05, 3.63) is 107 Å². The summed E-state index contributed by atoms with van der Waals surface area (Å²) in [6.45, 7) is 0.218. The minimum atomic E-state index is -4.35. The second kappa shape index (κ2) is 9.68. The van der Waals surface area contributed by atoms with Gasteiger partial charge in [-0.05, 0) is 53.4 Å². The summed E-state index contributed by atoms with van der Waals surface area (Å²) in [5.41, 5.74) is 2.28. The summed E-state index contributed by atoms with van der Waals surface area (Å²) < 4.78 is 41.3. The van der Waals surface area contributed by atoms with Crippen molar-refractivity contribution in [2.75, 3.05) is 0 Å². The quantitative estimate of drug-likeness (QED) is 0.398. The van der Waals surface area contributed by atoms with Crippen LogP contribution in [0.15, 0.2) is 84.9 Å². The molecule has 36 heavy (non-hydrogen) atoms. The lowest BCUT2D eigenvalue weighted by Gasteiger charge is -2.49. The third kappa shape index (κ3) is 4.37. The lowest BCUT2D eigenvalue weighted by atomic mass is 9.66. The Morgan fingerprint density at radius 2 is 1.47 bits per heavy atom. The topological polar surface area (TPSA) is 24.1 Å². The normalized spacial score (nSPS) is 29.4. The highest BCUT2D eigenvalue weighted by atomic mass is 19.4. The first-order valence-electron chi connectivity index (χ1n) is 13.2. The van der Waals surface area contributed by atoms with E-state index in [4.69, 9.17) is 0 Å². The van der Waals surface area contributed by atoms with Crippen molar-refractivity contribution in [3.63, 3.8) is 0 Å². The molecule has 3 aromatic carbocycles. The van der Waals surface area contributed by atoms with Crippen LogP contribution in [0.2, 0.25) is 0 Å². The van der Waals surface area contributed by atoms with Crippen LogP contribution < -0.4 is 10.6 Å². The molecule has 188 valence electrons. The van der Waals surface area contributed by atoms with Gasteiger partial charge < -0.3 is 10.6 Å². The smallest absolute Gasteiger partial charge is 0.308 e. The zero-order valence-electron chi connectivity index (χ0n) is 20.3. The van der Waals surface area contributed by atoms with Crippen LogP contribution in [0.3, 0.4) is 0 Å². The standard InChI is InChI=1S/C31H33F3N2/c32-31(33,34)25-17-8-7-14-23(25)19-35-29-28-22-15-9-16-24(28)26(18-22)36-30(29)27(20-10-3-1-4-11-20)21-12-5-2-6-13-21/h1-8,10-14,17,22,24,26-30,35-36H,9,15-16,18-19H2/t22-,24-,26+,28?,29?,30?/m1/s1. The van der Waals surface area contributed by atoms with Crippen molar-refractivity contribution in [3.8, 4) is 0 Å². The third-order valence-corrected chi connectivity index (χ3v) is 8.96. The van der Waals surface area contributed by atoms with E-state index in [1.165, 1.54) is 48.9 Å².